The molecule has 0 aromatic rings. The highest BCUT2D eigenvalue weighted by Gasteiger charge is 2.25. The van der Waals surface area contributed by atoms with Crippen molar-refractivity contribution in [2.24, 2.45) is 5.92 Å². The molecular weight excluding hydrogens is 252 g/mol. The standard InChI is InChI=1S/C12H26N2O3S/c1-12(2,10-17-3)14-18(15,16)9-6-11-4-7-13-8-5-11/h11,13-14H,4-10H2,1-3H3. The molecule has 0 spiro atoms. The Morgan fingerprint density at radius 1 is 1.33 bits per heavy atom. The molecule has 0 aromatic carbocycles. The van der Waals surface area contributed by atoms with Crippen molar-refractivity contribution in [3.63, 3.8) is 0 Å². The lowest BCUT2D eigenvalue weighted by Crippen LogP contribution is -2.47. The Hall–Kier alpha value is -0.170. The fourth-order valence-corrected chi connectivity index (χ4v) is 4.00. The Balaban J connectivity index is 2.39. The second kappa shape index (κ2) is 6.84. The fraction of sp³-hybridized carbons (Fsp3) is 1.00. The van der Waals surface area contributed by atoms with Crippen LogP contribution in [-0.4, -0.2) is 46.5 Å². The molecular formula is C12H26N2O3S. The van der Waals surface area contributed by atoms with Crippen LogP contribution in [0.25, 0.3) is 0 Å². The van der Waals surface area contributed by atoms with Gasteiger partial charge in [0.1, 0.15) is 0 Å². The fourth-order valence-electron chi connectivity index (χ4n) is 2.35. The van der Waals surface area contributed by atoms with E-state index in [0.717, 1.165) is 32.4 Å². The van der Waals surface area contributed by atoms with Gasteiger partial charge in [-0.25, -0.2) is 13.1 Å². The van der Waals surface area contributed by atoms with Crippen LogP contribution in [0.1, 0.15) is 33.1 Å². The van der Waals surface area contributed by atoms with Gasteiger partial charge in [0.2, 0.25) is 10.0 Å². The molecule has 1 aliphatic heterocycles. The monoisotopic (exact) mass is 278 g/mol. The normalized spacial score (nSPS) is 19.1. The van der Waals surface area contributed by atoms with E-state index in [2.05, 4.69) is 10.0 Å². The molecule has 1 fully saturated rings. The van der Waals surface area contributed by atoms with Crippen molar-refractivity contribution >= 4 is 10.0 Å². The van der Waals surface area contributed by atoms with E-state index in [1.165, 1.54) is 0 Å². The van der Waals surface area contributed by atoms with Gasteiger partial charge in [-0.2, -0.15) is 0 Å². The van der Waals surface area contributed by atoms with Gasteiger partial charge < -0.3 is 10.1 Å². The maximum Gasteiger partial charge on any atom is 0.212 e. The second-order valence-corrected chi connectivity index (χ2v) is 7.56. The highest BCUT2D eigenvalue weighted by molar-refractivity contribution is 7.89. The van der Waals surface area contributed by atoms with E-state index in [1.54, 1.807) is 7.11 Å². The quantitative estimate of drug-likeness (QED) is 0.720. The molecule has 0 aromatic heterocycles. The number of sulfonamides is 1. The van der Waals surface area contributed by atoms with Gasteiger partial charge >= 0.3 is 0 Å². The molecule has 0 radical (unpaired) electrons. The van der Waals surface area contributed by atoms with Crippen LogP contribution in [0.4, 0.5) is 0 Å². The summed E-state index contributed by atoms with van der Waals surface area (Å²) in [4.78, 5) is 0. The number of methoxy groups -OCH3 is 1. The predicted octanol–water partition coefficient (Wildman–Crippen LogP) is 0.721. The molecule has 1 heterocycles. The van der Waals surface area contributed by atoms with E-state index in [1.807, 2.05) is 13.8 Å². The lowest BCUT2D eigenvalue weighted by molar-refractivity contribution is 0.141. The summed E-state index contributed by atoms with van der Waals surface area (Å²) < 4.78 is 31.7. The summed E-state index contributed by atoms with van der Waals surface area (Å²) in [6.45, 7) is 6.05. The Kier molecular flexibility index (Phi) is 6.04. The average molecular weight is 278 g/mol. The SMILES string of the molecule is COCC(C)(C)NS(=O)(=O)CCC1CCNCC1. The molecule has 5 nitrogen and oxygen atoms in total. The molecule has 6 heteroatoms. The third kappa shape index (κ3) is 6.13. The summed E-state index contributed by atoms with van der Waals surface area (Å²) >= 11 is 0. The summed E-state index contributed by atoms with van der Waals surface area (Å²) in [5, 5.41) is 3.29. The minimum Gasteiger partial charge on any atom is -0.383 e. The first-order valence-electron chi connectivity index (χ1n) is 6.56. The number of hydrogen-bond donors (Lipinski definition) is 2. The van der Waals surface area contributed by atoms with Gasteiger partial charge in [-0.15, -0.1) is 0 Å². The minimum absolute atomic E-state index is 0.213. The molecule has 18 heavy (non-hydrogen) atoms. The first kappa shape index (κ1) is 15.9. The van der Waals surface area contributed by atoms with E-state index in [-0.39, 0.29) is 5.75 Å². The summed E-state index contributed by atoms with van der Waals surface area (Å²) in [7, 11) is -1.64. The zero-order valence-electron chi connectivity index (χ0n) is 11.7. The van der Waals surface area contributed by atoms with Crippen LogP contribution in [0.15, 0.2) is 0 Å². The highest BCUT2D eigenvalue weighted by Crippen LogP contribution is 2.17. The number of ether oxygens (including phenoxy) is 1. The summed E-state index contributed by atoms with van der Waals surface area (Å²) in [6.07, 6.45) is 2.91. The molecule has 0 bridgehead atoms. The van der Waals surface area contributed by atoms with Gasteiger partial charge in [0, 0.05) is 7.11 Å². The number of hydrogen-bond acceptors (Lipinski definition) is 4. The lowest BCUT2D eigenvalue weighted by atomic mass is 9.96. The van der Waals surface area contributed by atoms with Crippen LogP contribution in [0.2, 0.25) is 0 Å². The minimum atomic E-state index is -3.21. The Morgan fingerprint density at radius 3 is 2.50 bits per heavy atom. The molecule has 108 valence electrons. The average Bonchev–Trinajstić information content (AvgIpc) is 2.26. The zero-order valence-corrected chi connectivity index (χ0v) is 12.5. The van der Waals surface area contributed by atoms with Gasteiger partial charge in [0.05, 0.1) is 17.9 Å². The van der Waals surface area contributed by atoms with E-state index in [0.29, 0.717) is 12.5 Å². The number of piperidine rings is 1. The second-order valence-electron chi connectivity index (χ2n) is 5.72. The third-order valence-corrected chi connectivity index (χ3v) is 4.83. The van der Waals surface area contributed by atoms with Crippen molar-refractivity contribution in [2.45, 2.75) is 38.6 Å². The molecule has 1 aliphatic rings. The Morgan fingerprint density at radius 2 is 1.94 bits per heavy atom. The summed E-state index contributed by atoms with van der Waals surface area (Å²) in [5.41, 5.74) is -0.540. The van der Waals surface area contributed by atoms with Crippen molar-refractivity contribution in [3.8, 4) is 0 Å². The third-order valence-electron chi connectivity index (χ3n) is 3.19. The topological polar surface area (TPSA) is 67.4 Å². The zero-order chi connectivity index (χ0) is 13.6. The molecule has 1 rings (SSSR count). The maximum atomic E-state index is 12.0. The van der Waals surface area contributed by atoms with Crippen molar-refractivity contribution in [1.29, 1.82) is 0 Å². The highest BCUT2D eigenvalue weighted by atomic mass is 32.2. The van der Waals surface area contributed by atoms with E-state index in [9.17, 15) is 8.42 Å². The van der Waals surface area contributed by atoms with E-state index >= 15 is 0 Å². The molecule has 0 saturated carbocycles. The van der Waals surface area contributed by atoms with Crippen molar-refractivity contribution in [3.05, 3.63) is 0 Å². The molecule has 0 atom stereocenters. The van der Waals surface area contributed by atoms with Crippen LogP contribution in [-0.2, 0) is 14.8 Å². The van der Waals surface area contributed by atoms with Crippen molar-refractivity contribution < 1.29 is 13.2 Å². The first-order valence-corrected chi connectivity index (χ1v) is 8.21. The Labute approximate surface area is 111 Å². The molecule has 2 N–H and O–H groups in total. The Bertz CT molecular complexity index is 335. The van der Waals surface area contributed by atoms with Crippen LogP contribution in [0.5, 0.6) is 0 Å². The van der Waals surface area contributed by atoms with Gasteiger partial charge in [0.15, 0.2) is 0 Å². The molecule has 0 unspecified atom stereocenters. The molecule has 1 saturated heterocycles. The van der Waals surface area contributed by atoms with Gasteiger partial charge in [0.25, 0.3) is 0 Å². The van der Waals surface area contributed by atoms with Gasteiger partial charge in [-0.3, -0.25) is 0 Å². The smallest absolute Gasteiger partial charge is 0.212 e. The van der Waals surface area contributed by atoms with Crippen molar-refractivity contribution in [1.82, 2.24) is 10.0 Å². The largest absolute Gasteiger partial charge is 0.383 e. The number of nitrogens with one attached hydrogen (secondary N) is 2. The van der Waals surface area contributed by atoms with Crippen LogP contribution in [0.3, 0.4) is 0 Å². The molecule has 0 amide bonds. The predicted molar refractivity (Wildman–Crippen MR) is 73.1 cm³/mol. The lowest BCUT2D eigenvalue weighted by Gasteiger charge is -2.26. The van der Waals surface area contributed by atoms with E-state index in [4.69, 9.17) is 4.74 Å². The summed E-state index contributed by atoms with van der Waals surface area (Å²) in [6, 6.07) is 0. The number of rotatable bonds is 7. The van der Waals surface area contributed by atoms with Gasteiger partial charge in [-0.1, -0.05) is 0 Å². The maximum absolute atomic E-state index is 12.0. The summed E-state index contributed by atoms with van der Waals surface area (Å²) in [5.74, 6) is 0.749. The van der Waals surface area contributed by atoms with Crippen LogP contribution in [0, 0.1) is 5.92 Å². The molecule has 0 aliphatic carbocycles. The van der Waals surface area contributed by atoms with E-state index < -0.39 is 15.6 Å². The van der Waals surface area contributed by atoms with Crippen LogP contribution < -0.4 is 10.0 Å². The van der Waals surface area contributed by atoms with Crippen molar-refractivity contribution in [2.75, 3.05) is 32.6 Å². The van der Waals surface area contributed by atoms with Gasteiger partial charge in [-0.05, 0) is 52.1 Å². The van der Waals surface area contributed by atoms with Crippen LogP contribution >= 0.6 is 0 Å². The first-order chi connectivity index (χ1) is 8.35.